The van der Waals surface area contributed by atoms with Gasteiger partial charge in [-0.15, -0.1) is 0 Å². The molecule has 2 spiro atoms. The van der Waals surface area contributed by atoms with Crippen molar-refractivity contribution < 1.29 is 33.3 Å². The molecule has 6 aliphatic rings. The molecule has 7 rings (SSSR count). The Morgan fingerprint density at radius 3 is 2.41 bits per heavy atom. The van der Waals surface area contributed by atoms with Crippen molar-refractivity contribution >= 4 is 11.9 Å². The number of likely N-dealkylation sites (N-methyl/N-ethyl adjacent to an activating group) is 1. The number of ether oxygens (including phenoxy) is 5. The molecule has 0 N–H and O–H groups in total. The summed E-state index contributed by atoms with van der Waals surface area (Å²) >= 11 is 0. The fourth-order valence-corrected chi connectivity index (χ4v) is 8.80. The average molecular weight is 470 g/mol. The molecule has 4 bridgehead atoms. The number of likely N-dealkylation sites (tertiary alicyclic amines) is 1. The molecule has 1 saturated carbocycles. The summed E-state index contributed by atoms with van der Waals surface area (Å²) in [5.74, 6) is -1.34. The minimum Gasteiger partial charge on any atom is -0.493 e. The second-order valence-corrected chi connectivity index (χ2v) is 10.4. The number of nitrogens with zero attached hydrogens (tertiary/aromatic N) is 1. The molecule has 0 radical (unpaired) electrons. The van der Waals surface area contributed by atoms with E-state index in [1.165, 1.54) is 19.8 Å². The average Bonchev–Trinajstić information content (AvgIpc) is 3.14. The number of hydrogen-bond acceptors (Lipinski definition) is 8. The van der Waals surface area contributed by atoms with Crippen LogP contribution in [0.4, 0.5) is 0 Å². The first-order valence-electron chi connectivity index (χ1n) is 11.8. The van der Waals surface area contributed by atoms with Crippen LogP contribution < -0.4 is 9.47 Å². The molecule has 34 heavy (non-hydrogen) atoms. The van der Waals surface area contributed by atoms with Crippen LogP contribution in [0.15, 0.2) is 24.3 Å². The molecule has 0 aromatic heterocycles. The number of rotatable bonds is 4. The zero-order chi connectivity index (χ0) is 24.3. The number of carbonyl (C=O) groups excluding carboxylic acids is 2. The van der Waals surface area contributed by atoms with Crippen LogP contribution in [0.3, 0.4) is 0 Å². The Morgan fingerprint density at radius 1 is 1.06 bits per heavy atom. The van der Waals surface area contributed by atoms with Gasteiger partial charge in [-0.05, 0) is 45.0 Å². The van der Waals surface area contributed by atoms with Crippen molar-refractivity contribution in [3.05, 3.63) is 35.4 Å². The van der Waals surface area contributed by atoms with Crippen molar-refractivity contribution in [2.45, 2.75) is 42.4 Å². The number of benzene rings is 1. The Bertz CT molecular complexity index is 1150. The van der Waals surface area contributed by atoms with Gasteiger partial charge in [-0.1, -0.05) is 18.2 Å². The molecule has 0 amide bonds. The molecule has 1 saturated heterocycles. The normalized spacial score (nSPS) is 42.6. The zero-order valence-corrected chi connectivity index (χ0v) is 20.5. The van der Waals surface area contributed by atoms with Gasteiger partial charge in [0, 0.05) is 24.1 Å². The predicted octanol–water partition coefficient (Wildman–Crippen LogP) is 1.88. The number of esters is 2. The summed E-state index contributed by atoms with van der Waals surface area (Å²) < 4.78 is 29.7. The first-order valence-corrected chi connectivity index (χ1v) is 11.8. The molecule has 1 aromatic carbocycles. The number of piperidine rings is 1. The van der Waals surface area contributed by atoms with E-state index in [4.69, 9.17) is 23.7 Å². The molecule has 182 valence electrons. The van der Waals surface area contributed by atoms with E-state index in [1.54, 1.807) is 14.2 Å². The third-order valence-corrected chi connectivity index (χ3v) is 9.96. The minimum atomic E-state index is -1.25. The standard InChI is InChI=1S/C26H31NO7/c1-23-25-11-12-27(2)16(13-14-7-8-15(30-3)20(34-23)17(14)25)24(25)9-10-26(23,33-6)19(22(29)32-5)18(24)21(28)31-4/h7-10,16,18-19H,11-13H2,1-6H3/t16-,18-,19-,23+,24-,25-,26-/m0/s1. The van der Waals surface area contributed by atoms with Crippen LogP contribution in [-0.4, -0.2) is 76.1 Å². The second kappa shape index (κ2) is 6.55. The van der Waals surface area contributed by atoms with Crippen molar-refractivity contribution in [3.8, 4) is 11.5 Å². The van der Waals surface area contributed by atoms with Crippen molar-refractivity contribution in [1.29, 1.82) is 0 Å². The zero-order valence-electron chi connectivity index (χ0n) is 20.5. The van der Waals surface area contributed by atoms with Crippen LogP contribution in [0.25, 0.3) is 0 Å². The van der Waals surface area contributed by atoms with E-state index in [2.05, 4.69) is 24.1 Å². The van der Waals surface area contributed by atoms with Gasteiger partial charge in [-0.25, -0.2) is 0 Å². The maximum Gasteiger partial charge on any atom is 0.313 e. The summed E-state index contributed by atoms with van der Waals surface area (Å²) in [6.07, 6.45) is 5.55. The first-order chi connectivity index (χ1) is 16.2. The monoisotopic (exact) mass is 469 g/mol. The molecule has 2 heterocycles. The van der Waals surface area contributed by atoms with Gasteiger partial charge in [-0.3, -0.25) is 9.59 Å². The van der Waals surface area contributed by atoms with E-state index < -0.39 is 45.8 Å². The van der Waals surface area contributed by atoms with Gasteiger partial charge in [0.2, 0.25) is 0 Å². The van der Waals surface area contributed by atoms with Crippen molar-refractivity contribution in [3.63, 3.8) is 0 Å². The Kier molecular flexibility index (Phi) is 4.22. The summed E-state index contributed by atoms with van der Waals surface area (Å²) in [6.45, 7) is 2.86. The molecule has 0 unspecified atom stereocenters. The quantitative estimate of drug-likeness (QED) is 0.488. The van der Waals surface area contributed by atoms with Crippen LogP contribution >= 0.6 is 0 Å². The highest BCUT2D eigenvalue weighted by molar-refractivity contribution is 5.88. The summed E-state index contributed by atoms with van der Waals surface area (Å²) in [7, 11) is 8.03. The summed E-state index contributed by atoms with van der Waals surface area (Å²) in [5, 5.41) is 0. The second-order valence-electron chi connectivity index (χ2n) is 10.4. The number of carbonyl (C=O) groups is 2. The maximum absolute atomic E-state index is 13.7. The largest absolute Gasteiger partial charge is 0.493 e. The third-order valence-electron chi connectivity index (χ3n) is 9.96. The highest BCUT2D eigenvalue weighted by atomic mass is 16.6. The first kappa shape index (κ1) is 21.9. The van der Waals surface area contributed by atoms with Gasteiger partial charge < -0.3 is 28.6 Å². The van der Waals surface area contributed by atoms with E-state index in [1.807, 2.05) is 19.1 Å². The molecule has 2 fully saturated rings. The van der Waals surface area contributed by atoms with Crippen LogP contribution in [0.5, 0.6) is 11.5 Å². The summed E-state index contributed by atoms with van der Waals surface area (Å²) in [6, 6.07) is 4.02. The third kappa shape index (κ3) is 1.88. The Morgan fingerprint density at radius 2 is 1.76 bits per heavy atom. The van der Waals surface area contributed by atoms with Gasteiger partial charge in [-0.2, -0.15) is 0 Å². The van der Waals surface area contributed by atoms with Gasteiger partial charge >= 0.3 is 11.9 Å². The fraction of sp³-hybridized carbons (Fsp3) is 0.615. The molecule has 7 atom stereocenters. The smallest absolute Gasteiger partial charge is 0.313 e. The molecule has 8 nitrogen and oxygen atoms in total. The summed E-state index contributed by atoms with van der Waals surface area (Å²) in [5.41, 5.74) is -1.35. The van der Waals surface area contributed by atoms with Crippen LogP contribution in [0.1, 0.15) is 24.5 Å². The van der Waals surface area contributed by atoms with Crippen molar-refractivity contribution in [1.82, 2.24) is 4.90 Å². The summed E-state index contributed by atoms with van der Waals surface area (Å²) in [4.78, 5) is 29.5. The molecule has 8 heteroatoms. The van der Waals surface area contributed by atoms with Gasteiger partial charge in [0.05, 0.1) is 32.7 Å². The lowest BCUT2D eigenvalue weighted by atomic mass is 9.30. The van der Waals surface area contributed by atoms with Crippen molar-refractivity contribution in [2.75, 3.05) is 42.0 Å². The Labute approximate surface area is 199 Å². The van der Waals surface area contributed by atoms with Crippen LogP contribution in [0.2, 0.25) is 0 Å². The van der Waals surface area contributed by atoms with E-state index >= 15 is 0 Å². The molecular weight excluding hydrogens is 438 g/mol. The predicted molar refractivity (Wildman–Crippen MR) is 121 cm³/mol. The number of hydrogen-bond donors (Lipinski definition) is 0. The lowest BCUT2D eigenvalue weighted by Gasteiger charge is -2.75. The number of methoxy groups -OCH3 is 4. The lowest BCUT2D eigenvalue weighted by molar-refractivity contribution is -0.282. The SMILES string of the molecule is COC(=O)[C@@H]1[C@@H](C(=O)OC)[C@@]2(OC)C=C[C@]13[C@@H]1Cc4ccc(OC)c5c4[C@@]3(CCN1C)[C@@]2(C)O5. The topological polar surface area (TPSA) is 83.5 Å². The fourth-order valence-electron chi connectivity index (χ4n) is 8.80. The van der Waals surface area contributed by atoms with E-state index in [9.17, 15) is 9.59 Å². The molecule has 4 aliphatic carbocycles. The highest BCUT2D eigenvalue weighted by Crippen LogP contribution is 2.79. The van der Waals surface area contributed by atoms with Gasteiger partial charge in [0.25, 0.3) is 0 Å². The maximum atomic E-state index is 13.7. The van der Waals surface area contributed by atoms with Gasteiger partial charge in [0.1, 0.15) is 11.5 Å². The highest BCUT2D eigenvalue weighted by Gasteiger charge is 2.88. The van der Waals surface area contributed by atoms with Crippen molar-refractivity contribution in [2.24, 2.45) is 17.3 Å². The minimum absolute atomic E-state index is 0.0429. The van der Waals surface area contributed by atoms with E-state index in [0.717, 1.165) is 24.9 Å². The Hall–Kier alpha value is -2.58. The molecule has 1 aromatic rings. The molecule has 2 aliphatic heterocycles. The lowest BCUT2D eigenvalue weighted by Crippen LogP contribution is -2.87. The Balaban J connectivity index is 1.80. The van der Waals surface area contributed by atoms with E-state index in [0.29, 0.717) is 11.5 Å². The van der Waals surface area contributed by atoms with Crippen LogP contribution in [-0.2, 0) is 35.6 Å². The van der Waals surface area contributed by atoms with Crippen LogP contribution in [0, 0.1) is 17.3 Å². The van der Waals surface area contributed by atoms with Gasteiger partial charge in [0.15, 0.2) is 17.1 Å². The number of fused-ring (bicyclic) bond motifs is 1. The van der Waals surface area contributed by atoms with E-state index in [-0.39, 0.29) is 6.04 Å². The molecular formula is C26H31NO7.